The SMILES string of the molecule is CCCCNC(=O)C(C)NCc1cnc(C)s1. The van der Waals surface area contributed by atoms with E-state index >= 15 is 0 Å². The summed E-state index contributed by atoms with van der Waals surface area (Å²) in [6.07, 6.45) is 3.99. The van der Waals surface area contributed by atoms with Gasteiger partial charge < -0.3 is 10.6 Å². The van der Waals surface area contributed by atoms with Crippen LogP contribution in [0.15, 0.2) is 6.20 Å². The van der Waals surface area contributed by atoms with E-state index in [1.807, 2.05) is 20.0 Å². The van der Waals surface area contributed by atoms with Gasteiger partial charge in [-0.1, -0.05) is 13.3 Å². The molecule has 0 spiro atoms. The van der Waals surface area contributed by atoms with Crippen LogP contribution in [0, 0.1) is 6.92 Å². The third kappa shape index (κ3) is 5.28. The minimum absolute atomic E-state index is 0.0692. The second-order valence-corrected chi connectivity index (χ2v) is 5.41. The summed E-state index contributed by atoms with van der Waals surface area (Å²) in [6.45, 7) is 7.44. The predicted molar refractivity (Wildman–Crippen MR) is 71.1 cm³/mol. The van der Waals surface area contributed by atoms with Crippen molar-refractivity contribution >= 4 is 17.2 Å². The van der Waals surface area contributed by atoms with Gasteiger partial charge in [-0.05, 0) is 20.3 Å². The first-order chi connectivity index (χ1) is 8.13. The molecule has 96 valence electrons. The van der Waals surface area contributed by atoms with Gasteiger partial charge in [0, 0.05) is 24.2 Å². The number of amides is 1. The molecule has 17 heavy (non-hydrogen) atoms. The van der Waals surface area contributed by atoms with Crippen molar-refractivity contribution in [2.24, 2.45) is 0 Å². The molecule has 1 amide bonds. The van der Waals surface area contributed by atoms with E-state index in [4.69, 9.17) is 0 Å². The van der Waals surface area contributed by atoms with E-state index in [1.165, 1.54) is 0 Å². The van der Waals surface area contributed by atoms with Crippen LogP contribution in [0.4, 0.5) is 0 Å². The smallest absolute Gasteiger partial charge is 0.236 e. The van der Waals surface area contributed by atoms with E-state index in [9.17, 15) is 4.79 Å². The topological polar surface area (TPSA) is 54.0 Å². The fraction of sp³-hybridized carbons (Fsp3) is 0.667. The Morgan fingerprint density at radius 1 is 1.59 bits per heavy atom. The molecule has 1 rings (SSSR count). The minimum Gasteiger partial charge on any atom is -0.355 e. The van der Waals surface area contributed by atoms with Crippen molar-refractivity contribution in [1.82, 2.24) is 15.6 Å². The zero-order valence-corrected chi connectivity index (χ0v) is 11.6. The molecule has 0 aliphatic carbocycles. The van der Waals surface area contributed by atoms with Crippen LogP contribution in [-0.2, 0) is 11.3 Å². The quantitative estimate of drug-likeness (QED) is 0.731. The first-order valence-corrected chi connectivity index (χ1v) is 6.87. The monoisotopic (exact) mass is 255 g/mol. The lowest BCUT2D eigenvalue weighted by Gasteiger charge is -2.12. The van der Waals surface area contributed by atoms with Gasteiger partial charge >= 0.3 is 0 Å². The van der Waals surface area contributed by atoms with E-state index in [0.29, 0.717) is 6.54 Å². The Balaban J connectivity index is 2.24. The summed E-state index contributed by atoms with van der Waals surface area (Å²) in [5.41, 5.74) is 0. The van der Waals surface area contributed by atoms with Crippen LogP contribution in [0.25, 0.3) is 0 Å². The zero-order chi connectivity index (χ0) is 12.7. The van der Waals surface area contributed by atoms with Crippen molar-refractivity contribution in [2.45, 2.75) is 46.2 Å². The van der Waals surface area contributed by atoms with Crippen LogP contribution in [0.2, 0.25) is 0 Å². The molecule has 0 bridgehead atoms. The molecule has 0 fully saturated rings. The average Bonchev–Trinajstić information content (AvgIpc) is 2.72. The number of aryl methyl sites for hydroxylation is 1. The second kappa shape index (κ2) is 7.40. The van der Waals surface area contributed by atoms with E-state index < -0.39 is 0 Å². The van der Waals surface area contributed by atoms with E-state index in [2.05, 4.69) is 22.5 Å². The number of thiazole rings is 1. The van der Waals surface area contributed by atoms with Gasteiger partial charge in [0.2, 0.25) is 5.91 Å². The van der Waals surface area contributed by atoms with Crippen molar-refractivity contribution in [3.63, 3.8) is 0 Å². The van der Waals surface area contributed by atoms with Gasteiger partial charge in [-0.3, -0.25) is 4.79 Å². The van der Waals surface area contributed by atoms with Crippen LogP contribution in [0.3, 0.4) is 0 Å². The highest BCUT2D eigenvalue weighted by Crippen LogP contribution is 2.10. The Morgan fingerprint density at radius 3 is 2.94 bits per heavy atom. The summed E-state index contributed by atoms with van der Waals surface area (Å²) < 4.78 is 0. The van der Waals surface area contributed by atoms with Gasteiger partial charge in [0.1, 0.15) is 0 Å². The van der Waals surface area contributed by atoms with E-state index in [1.54, 1.807) is 11.3 Å². The summed E-state index contributed by atoms with van der Waals surface area (Å²) in [7, 11) is 0. The van der Waals surface area contributed by atoms with E-state index in [0.717, 1.165) is 29.3 Å². The van der Waals surface area contributed by atoms with Gasteiger partial charge in [-0.15, -0.1) is 11.3 Å². The summed E-state index contributed by atoms with van der Waals surface area (Å²) in [4.78, 5) is 17.0. The summed E-state index contributed by atoms with van der Waals surface area (Å²) >= 11 is 1.66. The number of nitrogens with one attached hydrogen (secondary N) is 2. The van der Waals surface area contributed by atoms with Gasteiger partial charge in [0.05, 0.1) is 11.0 Å². The molecule has 2 N–H and O–H groups in total. The molecule has 4 nitrogen and oxygen atoms in total. The van der Waals surface area contributed by atoms with Crippen LogP contribution in [-0.4, -0.2) is 23.5 Å². The average molecular weight is 255 g/mol. The Kier molecular flexibility index (Phi) is 6.15. The van der Waals surface area contributed by atoms with Crippen LogP contribution < -0.4 is 10.6 Å². The standard InChI is InChI=1S/C12H21N3OS/c1-4-5-6-13-12(16)9(2)14-7-11-8-15-10(3)17-11/h8-9,14H,4-7H2,1-3H3,(H,13,16). The zero-order valence-electron chi connectivity index (χ0n) is 10.7. The van der Waals surface area contributed by atoms with Gasteiger partial charge in [-0.25, -0.2) is 4.98 Å². The maximum Gasteiger partial charge on any atom is 0.236 e. The second-order valence-electron chi connectivity index (χ2n) is 4.09. The number of aromatic nitrogens is 1. The number of hydrogen-bond acceptors (Lipinski definition) is 4. The fourth-order valence-corrected chi connectivity index (χ4v) is 2.12. The minimum atomic E-state index is -0.158. The molecule has 1 aromatic rings. The molecule has 0 saturated heterocycles. The van der Waals surface area contributed by atoms with Crippen LogP contribution in [0.1, 0.15) is 36.6 Å². The van der Waals surface area contributed by atoms with Gasteiger partial charge in [-0.2, -0.15) is 0 Å². The number of rotatable bonds is 7. The highest BCUT2D eigenvalue weighted by Gasteiger charge is 2.11. The molecule has 0 radical (unpaired) electrons. The third-order valence-corrected chi connectivity index (χ3v) is 3.39. The molecular weight excluding hydrogens is 234 g/mol. The lowest BCUT2D eigenvalue weighted by Crippen LogP contribution is -2.42. The molecule has 1 unspecified atom stereocenters. The van der Waals surface area contributed by atoms with Crippen molar-refractivity contribution in [3.8, 4) is 0 Å². The van der Waals surface area contributed by atoms with Crippen molar-refractivity contribution in [3.05, 3.63) is 16.1 Å². The summed E-state index contributed by atoms with van der Waals surface area (Å²) in [5.74, 6) is 0.0692. The lowest BCUT2D eigenvalue weighted by molar-refractivity contribution is -0.122. The first-order valence-electron chi connectivity index (χ1n) is 6.06. The summed E-state index contributed by atoms with van der Waals surface area (Å²) in [5, 5.41) is 7.17. The number of carbonyl (C=O) groups is 1. The van der Waals surface area contributed by atoms with E-state index in [-0.39, 0.29) is 11.9 Å². The first kappa shape index (κ1) is 14.1. The number of carbonyl (C=O) groups excluding carboxylic acids is 1. The maximum absolute atomic E-state index is 11.7. The van der Waals surface area contributed by atoms with Crippen molar-refractivity contribution in [2.75, 3.05) is 6.54 Å². The fourth-order valence-electron chi connectivity index (χ4n) is 1.37. The normalized spacial score (nSPS) is 12.4. The van der Waals surface area contributed by atoms with Gasteiger partial charge in [0.15, 0.2) is 0 Å². The lowest BCUT2D eigenvalue weighted by atomic mass is 10.3. The number of nitrogens with zero attached hydrogens (tertiary/aromatic N) is 1. The van der Waals surface area contributed by atoms with Gasteiger partial charge in [0.25, 0.3) is 0 Å². The molecule has 0 aromatic carbocycles. The Hall–Kier alpha value is -0.940. The van der Waals surface area contributed by atoms with Crippen LogP contribution in [0.5, 0.6) is 0 Å². The Morgan fingerprint density at radius 2 is 2.35 bits per heavy atom. The molecule has 5 heteroatoms. The van der Waals surface area contributed by atoms with Crippen LogP contribution >= 0.6 is 11.3 Å². The molecule has 1 heterocycles. The highest BCUT2D eigenvalue weighted by atomic mass is 32.1. The van der Waals surface area contributed by atoms with Crippen molar-refractivity contribution < 1.29 is 4.79 Å². The molecular formula is C12H21N3OS. The molecule has 0 aliphatic heterocycles. The number of unbranched alkanes of at least 4 members (excludes halogenated alkanes) is 1. The Bertz CT molecular complexity index is 351. The molecule has 1 atom stereocenters. The predicted octanol–water partition coefficient (Wildman–Crippen LogP) is 1.85. The summed E-state index contributed by atoms with van der Waals surface area (Å²) in [6, 6.07) is -0.158. The maximum atomic E-state index is 11.7. The molecule has 0 saturated carbocycles. The Labute approximate surface area is 107 Å². The molecule has 0 aliphatic rings. The molecule has 1 aromatic heterocycles. The highest BCUT2D eigenvalue weighted by molar-refractivity contribution is 7.11. The van der Waals surface area contributed by atoms with Crippen molar-refractivity contribution in [1.29, 1.82) is 0 Å². The largest absolute Gasteiger partial charge is 0.355 e. The third-order valence-electron chi connectivity index (χ3n) is 2.47. The number of hydrogen-bond donors (Lipinski definition) is 2.